The molecular formula is C28H34FIN2O4Si. The summed E-state index contributed by atoms with van der Waals surface area (Å²) in [4.78, 5) is 31.1. The second-order valence-corrected chi connectivity index (χ2v) is 16.1. The molecular weight excluding hydrogens is 602 g/mol. The highest BCUT2D eigenvalue weighted by atomic mass is 127. The van der Waals surface area contributed by atoms with Gasteiger partial charge in [0.1, 0.15) is 0 Å². The van der Waals surface area contributed by atoms with Crippen LogP contribution < -0.4 is 4.90 Å². The fourth-order valence-corrected chi connectivity index (χ4v) is 9.92. The third kappa shape index (κ3) is 4.55. The first kappa shape index (κ1) is 26.8. The number of ether oxygens (including phenoxy) is 1. The maximum absolute atomic E-state index is 16.0. The fourth-order valence-electron chi connectivity index (χ4n) is 6.82. The van der Waals surface area contributed by atoms with Gasteiger partial charge in [-0.3, -0.25) is 9.59 Å². The van der Waals surface area contributed by atoms with E-state index in [4.69, 9.17) is 4.74 Å². The predicted molar refractivity (Wildman–Crippen MR) is 151 cm³/mol. The van der Waals surface area contributed by atoms with Gasteiger partial charge in [0.2, 0.25) is 14.3 Å². The largest absolute Gasteiger partial charge is 0.394 e. The van der Waals surface area contributed by atoms with Crippen LogP contribution in [-0.2, 0) is 26.5 Å². The summed E-state index contributed by atoms with van der Waals surface area (Å²) in [6.07, 6.45) is 0.915. The highest BCUT2D eigenvalue weighted by Gasteiger charge is 2.67. The van der Waals surface area contributed by atoms with Crippen molar-refractivity contribution in [3.05, 3.63) is 63.2 Å². The number of carbonyl (C=O) groups is 2. The van der Waals surface area contributed by atoms with Crippen molar-refractivity contribution in [1.82, 2.24) is 4.90 Å². The lowest BCUT2D eigenvalue weighted by Crippen LogP contribution is -2.45. The zero-order valence-electron chi connectivity index (χ0n) is 21.5. The quantitative estimate of drug-likeness (QED) is 0.276. The second-order valence-electron chi connectivity index (χ2n) is 11.1. The van der Waals surface area contributed by atoms with Crippen LogP contribution in [0.15, 0.2) is 48.5 Å². The number of nitrogens with zero attached hydrogens (tertiary/aromatic N) is 2. The number of likely N-dealkylation sites (tertiary alicyclic amines) is 1. The number of amides is 2. The standard InChI is InChI=1S/C28H34FIN2O4Si/c1-18-26(37(2,3)29)24(15-25(34)31-13-7-10-21(31)17-33)36-28(18)22-11-4-5-12-23(22)32(27(28)35)16-19-8-6-9-20(30)14-19/h4-6,8-9,11-12,14,18,21,24,26,33H,7,10,13,15-17H2,1-3H3/t18-,21+,24+,26-,28+/m1/s1. The van der Waals surface area contributed by atoms with Gasteiger partial charge in [-0.1, -0.05) is 37.3 Å². The molecule has 0 saturated carbocycles. The van der Waals surface area contributed by atoms with Gasteiger partial charge in [-0.15, -0.1) is 0 Å². The minimum absolute atomic E-state index is 0.0138. The lowest BCUT2D eigenvalue weighted by Gasteiger charge is -2.31. The van der Waals surface area contributed by atoms with Crippen molar-refractivity contribution < 1.29 is 23.5 Å². The number of benzene rings is 2. The van der Waals surface area contributed by atoms with E-state index in [0.29, 0.717) is 13.1 Å². The zero-order chi connectivity index (χ0) is 26.5. The smallest absolute Gasteiger partial charge is 0.264 e. The fraction of sp³-hybridized carbons (Fsp3) is 0.500. The molecule has 9 heteroatoms. The van der Waals surface area contributed by atoms with Gasteiger partial charge in [0.15, 0.2) is 5.60 Å². The SMILES string of the molecule is C[C@@H]1[C@@H]([Si](C)(C)F)[C@H](CC(=O)N2CCC[C@H]2CO)O[C@@]12C(=O)N(Cc1cccc(I)c1)c1ccccc12. The Balaban J connectivity index is 1.51. The molecule has 0 radical (unpaired) electrons. The van der Waals surface area contributed by atoms with Crippen molar-refractivity contribution in [3.8, 4) is 0 Å². The van der Waals surface area contributed by atoms with Crippen LogP contribution in [0.2, 0.25) is 18.6 Å². The molecule has 2 amide bonds. The number of rotatable bonds is 6. The molecule has 2 saturated heterocycles. The summed E-state index contributed by atoms with van der Waals surface area (Å²) < 4.78 is 23.7. The van der Waals surface area contributed by atoms with Gasteiger partial charge in [-0.05, 0) is 72.3 Å². The second kappa shape index (κ2) is 10.1. The number of para-hydroxylation sites is 1. The van der Waals surface area contributed by atoms with Crippen LogP contribution in [0.3, 0.4) is 0 Å². The first-order valence-corrected chi connectivity index (χ1v) is 17.0. The monoisotopic (exact) mass is 636 g/mol. The summed E-state index contributed by atoms with van der Waals surface area (Å²) in [7, 11) is -3.35. The predicted octanol–water partition coefficient (Wildman–Crippen LogP) is 4.99. The number of fused-ring (bicyclic) bond motifs is 2. The molecule has 0 bridgehead atoms. The van der Waals surface area contributed by atoms with Gasteiger partial charge in [-0.25, -0.2) is 0 Å². The number of aliphatic hydroxyl groups excluding tert-OH is 1. The molecule has 37 heavy (non-hydrogen) atoms. The number of anilines is 1. The van der Waals surface area contributed by atoms with Crippen molar-refractivity contribution in [2.75, 3.05) is 18.1 Å². The van der Waals surface area contributed by atoms with Crippen LogP contribution in [-0.4, -0.2) is 55.5 Å². The number of carbonyl (C=O) groups excluding carboxylic acids is 2. The molecule has 3 aliphatic heterocycles. The minimum Gasteiger partial charge on any atom is -0.394 e. The highest BCUT2D eigenvalue weighted by molar-refractivity contribution is 14.1. The Morgan fingerprint density at radius 2 is 2.00 bits per heavy atom. The molecule has 2 aromatic carbocycles. The van der Waals surface area contributed by atoms with E-state index < -0.39 is 31.6 Å². The van der Waals surface area contributed by atoms with Crippen molar-refractivity contribution in [2.45, 2.75) is 69.1 Å². The van der Waals surface area contributed by atoms with Crippen molar-refractivity contribution in [3.63, 3.8) is 0 Å². The first-order chi connectivity index (χ1) is 17.6. The van der Waals surface area contributed by atoms with Gasteiger partial charge in [-0.2, -0.15) is 0 Å². The van der Waals surface area contributed by atoms with E-state index in [9.17, 15) is 14.7 Å². The van der Waals surface area contributed by atoms with Crippen LogP contribution in [0.5, 0.6) is 0 Å². The van der Waals surface area contributed by atoms with E-state index in [-0.39, 0.29) is 30.9 Å². The molecule has 0 unspecified atom stereocenters. The van der Waals surface area contributed by atoms with E-state index >= 15 is 4.11 Å². The van der Waals surface area contributed by atoms with E-state index in [1.54, 1.807) is 22.9 Å². The Hall–Kier alpha value is -1.82. The Morgan fingerprint density at radius 3 is 2.70 bits per heavy atom. The lowest BCUT2D eigenvalue weighted by molar-refractivity contribution is -0.150. The molecule has 1 spiro atoms. The molecule has 1 N–H and O–H groups in total. The van der Waals surface area contributed by atoms with E-state index in [0.717, 1.165) is 33.2 Å². The molecule has 2 aromatic rings. The topological polar surface area (TPSA) is 70.1 Å². The van der Waals surface area contributed by atoms with Gasteiger partial charge in [0, 0.05) is 27.1 Å². The molecule has 6 nitrogen and oxygen atoms in total. The Kier molecular flexibility index (Phi) is 7.27. The Bertz CT molecular complexity index is 1210. The summed E-state index contributed by atoms with van der Waals surface area (Å²) >= 11 is 2.26. The number of hydrogen-bond donors (Lipinski definition) is 1. The molecule has 0 aromatic heterocycles. The van der Waals surface area contributed by atoms with Crippen LogP contribution in [0, 0.1) is 9.49 Å². The Labute approximate surface area is 232 Å². The van der Waals surface area contributed by atoms with Crippen molar-refractivity contribution >= 4 is 48.5 Å². The summed E-state index contributed by atoms with van der Waals surface area (Å²) in [6.45, 7) is 6.11. The average Bonchev–Trinajstić information content (AvgIpc) is 3.50. The van der Waals surface area contributed by atoms with Crippen molar-refractivity contribution in [1.29, 1.82) is 0 Å². The summed E-state index contributed by atoms with van der Waals surface area (Å²) in [6, 6.07) is 15.5. The van der Waals surface area contributed by atoms with Gasteiger partial charge < -0.3 is 23.8 Å². The highest BCUT2D eigenvalue weighted by Crippen LogP contribution is 2.60. The van der Waals surface area contributed by atoms with Gasteiger partial charge in [0.25, 0.3) is 5.91 Å². The van der Waals surface area contributed by atoms with E-state index in [2.05, 4.69) is 28.7 Å². The number of hydrogen-bond acceptors (Lipinski definition) is 4. The lowest BCUT2D eigenvalue weighted by atomic mass is 9.82. The molecule has 0 aliphatic carbocycles. The molecule has 2 fully saturated rings. The first-order valence-electron chi connectivity index (χ1n) is 13.0. The maximum Gasteiger partial charge on any atom is 0.264 e. The van der Waals surface area contributed by atoms with Crippen molar-refractivity contribution in [2.24, 2.45) is 5.92 Å². The molecule has 198 valence electrons. The van der Waals surface area contributed by atoms with E-state index in [1.165, 1.54) is 0 Å². The number of aliphatic hydroxyl groups is 1. The summed E-state index contributed by atoms with van der Waals surface area (Å²) in [5, 5.41) is 9.72. The third-order valence-corrected chi connectivity index (χ3v) is 11.5. The third-order valence-electron chi connectivity index (χ3n) is 8.38. The summed E-state index contributed by atoms with van der Waals surface area (Å²) in [5.41, 5.74) is 0.686. The van der Waals surface area contributed by atoms with Crippen LogP contribution in [0.25, 0.3) is 0 Å². The molecule has 3 heterocycles. The minimum atomic E-state index is -3.35. The zero-order valence-corrected chi connectivity index (χ0v) is 24.7. The van der Waals surface area contributed by atoms with E-state index in [1.807, 2.05) is 49.4 Å². The normalized spacial score (nSPS) is 29.4. The molecule has 5 rings (SSSR count). The average molecular weight is 637 g/mol. The maximum atomic E-state index is 16.0. The van der Waals surface area contributed by atoms with Crippen LogP contribution >= 0.6 is 22.6 Å². The molecule has 3 aliphatic rings. The summed E-state index contributed by atoms with van der Waals surface area (Å²) in [5.74, 6) is -0.755. The Morgan fingerprint density at radius 1 is 1.24 bits per heavy atom. The van der Waals surface area contributed by atoms with Crippen LogP contribution in [0.4, 0.5) is 9.80 Å². The molecule has 5 atom stereocenters. The van der Waals surface area contributed by atoms with Gasteiger partial charge >= 0.3 is 0 Å². The van der Waals surface area contributed by atoms with Gasteiger partial charge in [0.05, 0.1) is 37.4 Å². The number of halogens is 2. The van der Waals surface area contributed by atoms with Crippen LogP contribution in [0.1, 0.15) is 37.3 Å².